The summed E-state index contributed by atoms with van der Waals surface area (Å²) in [7, 11) is 0. The summed E-state index contributed by atoms with van der Waals surface area (Å²) in [6.07, 6.45) is 7.33. The summed E-state index contributed by atoms with van der Waals surface area (Å²) in [4.78, 5) is 0. The first-order chi connectivity index (χ1) is 15.7. The second-order valence-corrected chi connectivity index (χ2v) is 6.46. The Labute approximate surface area is 194 Å². The summed E-state index contributed by atoms with van der Waals surface area (Å²) >= 11 is 0. The van der Waals surface area contributed by atoms with E-state index in [9.17, 15) is 0 Å². The van der Waals surface area contributed by atoms with Gasteiger partial charge in [0.2, 0.25) is 0 Å². The van der Waals surface area contributed by atoms with Gasteiger partial charge in [0.15, 0.2) is 0 Å². The molecule has 4 rings (SSSR count). The monoisotopic (exact) mass is 416 g/mol. The van der Waals surface area contributed by atoms with Crippen LogP contribution >= 0.6 is 0 Å². The lowest BCUT2D eigenvalue weighted by molar-refractivity contribution is 1.67. The second kappa shape index (κ2) is 17.7. The fourth-order valence-electron chi connectivity index (χ4n) is 2.36. The van der Waals surface area contributed by atoms with Gasteiger partial charge in [0.05, 0.1) is 0 Å². The maximum atomic E-state index is 3.63. The van der Waals surface area contributed by atoms with Crippen molar-refractivity contribution in [2.75, 3.05) is 0 Å². The Morgan fingerprint density at radius 1 is 0.281 bits per heavy atom. The van der Waals surface area contributed by atoms with Crippen LogP contribution in [0.25, 0.3) is 24.3 Å². The minimum absolute atomic E-state index is 1.17. The third-order valence-electron chi connectivity index (χ3n) is 4.14. The number of benzene rings is 4. The molecule has 0 spiro atoms. The molecule has 0 radical (unpaired) electrons. The van der Waals surface area contributed by atoms with E-state index >= 15 is 0 Å². The van der Waals surface area contributed by atoms with Gasteiger partial charge < -0.3 is 0 Å². The molecule has 0 aromatic heterocycles. The van der Waals surface area contributed by atoms with Crippen LogP contribution in [-0.2, 0) is 0 Å². The third-order valence-corrected chi connectivity index (χ3v) is 4.14. The minimum atomic E-state index is 1.17. The van der Waals surface area contributed by atoms with Crippen molar-refractivity contribution in [3.05, 3.63) is 170 Å². The lowest BCUT2D eigenvalue weighted by Gasteiger charge is -1.85. The molecule has 160 valence electrons. The average molecular weight is 417 g/mol. The molecule has 0 bridgehead atoms. The predicted molar refractivity (Wildman–Crippen MR) is 146 cm³/mol. The SMILES string of the molecule is C=Cc1ccccc1.C=Cc1ccccc1.C=Cc1ccccc1.C=Cc1ccccc1. The molecular formula is C32H32. The quantitative estimate of drug-likeness (QED) is 0.311. The molecule has 0 heteroatoms. The molecule has 0 aliphatic rings. The maximum absolute atomic E-state index is 3.63. The summed E-state index contributed by atoms with van der Waals surface area (Å²) in [5.41, 5.74) is 4.69. The highest BCUT2D eigenvalue weighted by Gasteiger charge is 1.77. The van der Waals surface area contributed by atoms with E-state index in [1.54, 1.807) is 0 Å². The second-order valence-electron chi connectivity index (χ2n) is 6.46. The van der Waals surface area contributed by atoms with Gasteiger partial charge in [-0.05, 0) is 22.3 Å². The fraction of sp³-hybridized carbons (Fsp3) is 0. The molecule has 0 unspecified atom stereocenters. The van der Waals surface area contributed by atoms with Crippen molar-refractivity contribution in [1.29, 1.82) is 0 Å². The van der Waals surface area contributed by atoms with Crippen molar-refractivity contribution in [3.8, 4) is 0 Å². The van der Waals surface area contributed by atoms with E-state index in [2.05, 4.69) is 26.3 Å². The van der Waals surface area contributed by atoms with Crippen molar-refractivity contribution in [3.63, 3.8) is 0 Å². The van der Waals surface area contributed by atoms with Crippen molar-refractivity contribution in [2.24, 2.45) is 0 Å². The zero-order valence-corrected chi connectivity index (χ0v) is 18.7. The fourth-order valence-corrected chi connectivity index (χ4v) is 2.36. The van der Waals surface area contributed by atoms with Gasteiger partial charge in [0, 0.05) is 0 Å². The molecular weight excluding hydrogens is 384 g/mol. The van der Waals surface area contributed by atoms with Gasteiger partial charge in [-0.3, -0.25) is 0 Å². The highest BCUT2D eigenvalue weighted by Crippen LogP contribution is 1.99. The summed E-state index contributed by atoms with van der Waals surface area (Å²) in [5.74, 6) is 0. The summed E-state index contributed by atoms with van der Waals surface area (Å²) in [6, 6.07) is 40.1. The third kappa shape index (κ3) is 12.4. The predicted octanol–water partition coefficient (Wildman–Crippen LogP) is 9.32. The minimum Gasteiger partial charge on any atom is -0.0985 e. The number of hydrogen-bond donors (Lipinski definition) is 0. The van der Waals surface area contributed by atoms with Crippen molar-refractivity contribution in [1.82, 2.24) is 0 Å². The van der Waals surface area contributed by atoms with Crippen LogP contribution in [0.1, 0.15) is 22.3 Å². The summed E-state index contributed by atoms with van der Waals surface area (Å²) in [5, 5.41) is 0. The molecule has 4 aromatic rings. The van der Waals surface area contributed by atoms with Crippen LogP contribution < -0.4 is 0 Å². The average Bonchev–Trinajstić information content (AvgIpc) is 2.91. The largest absolute Gasteiger partial charge is 0.0985 e. The van der Waals surface area contributed by atoms with E-state index in [0.717, 1.165) is 0 Å². The highest BCUT2D eigenvalue weighted by atomic mass is 13.8. The number of rotatable bonds is 4. The van der Waals surface area contributed by atoms with Crippen molar-refractivity contribution >= 4 is 24.3 Å². The molecule has 0 aliphatic heterocycles. The molecule has 4 aromatic carbocycles. The molecule has 0 saturated heterocycles. The van der Waals surface area contributed by atoms with E-state index in [-0.39, 0.29) is 0 Å². The highest BCUT2D eigenvalue weighted by molar-refractivity contribution is 5.47. The lowest BCUT2D eigenvalue weighted by Crippen LogP contribution is -1.63. The summed E-state index contributed by atoms with van der Waals surface area (Å²) in [6.45, 7) is 14.5. The molecule has 0 N–H and O–H groups in total. The standard InChI is InChI=1S/4C8H8/c4*1-2-8-6-4-3-5-7-8/h4*2-7H,1H2. The first-order valence-corrected chi connectivity index (χ1v) is 10.4. The van der Waals surface area contributed by atoms with Gasteiger partial charge in [-0.25, -0.2) is 0 Å². The topological polar surface area (TPSA) is 0 Å². The lowest BCUT2D eigenvalue weighted by atomic mass is 10.2. The maximum Gasteiger partial charge on any atom is -0.0263 e. The van der Waals surface area contributed by atoms with Crippen LogP contribution in [0.2, 0.25) is 0 Å². The molecule has 0 saturated carbocycles. The Kier molecular flexibility index (Phi) is 14.3. The Balaban J connectivity index is 0.000000213. The molecule has 0 fully saturated rings. The van der Waals surface area contributed by atoms with Gasteiger partial charge >= 0.3 is 0 Å². The van der Waals surface area contributed by atoms with Crippen LogP contribution in [0.3, 0.4) is 0 Å². The first kappa shape index (κ1) is 25.9. The van der Waals surface area contributed by atoms with Crippen LogP contribution in [0.15, 0.2) is 148 Å². The zero-order valence-electron chi connectivity index (χ0n) is 18.7. The Hall–Kier alpha value is -4.16. The smallest absolute Gasteiger partial charge is 0.0263 e. The van der Waals surface area contributed by atoms with Gasteiger partial charge in [0.1, 0.15) is 0 Å². The van der Waals surface area contributed by atoms with Gasteiger partial charge in [-0.15, -0.1) is 0 Å². The van der Waals surface area contributed by atoms with E-state index in [1.165, 1.54) is 22.3 Å². The van der Waals surface area contributed by atoms with Crippen LogP contribution in [-0.4, -0.2) is 0 Å². The van der Waals surface area contributed by atoms with Crippen LogP contribution in [0, 0.1) is 0 Å². The van der Waals surface area contributed by atoms with Gasteiger partial charge in [0.25, 0.3) is 0 Å². The van der Waals surface area contributed by atoms with Crippen LogP contribution in [0.4, 0.5) is 0 Å². The summed E-state index contributed by atoms with van der Waals surface area (Å²) < 4.78 is 0. The Morgan fingerprint density at radius 2 is 0.438 bits per heavy atom. The zero-order chi connectivity index (χ0) is 23.3. The molecule has 0 amide bonds. The Morgan fingerprint density at radius 3 is 0.531 bits per heavy atom. The van der Waals surface area contributed by atoms with E-state index in [0.29, 0.717) is 0 Å². The van der Waals surface area contributed by atoms with E-state index in [4.69, 9.17) is 0 Å². The van der Waals surface area contributed by atoms with Gasteiger partial charge in [-0.1, -0.05) is 172 Å². The van der Waals surface area contributed by atoms with Crippen LogP contribution in [0.5, 0.6) is 0 Å². The van der Waals surface area contributed by atoms with Gasteiger partial charge in [-0.2, -0.15) is 0 Å². The van der Waals surface area contributed by atoms with Crippen molar-refractivity contribution < 1.29 is 0 Å². The molecule has 0 heterocycles. The molecule has 0 atom stereocenters. The molecule has 0 aliphatic carbocycles. The van der Waals surface area contributed by atoms with E-state index in [1.807, 2.05) is 146 Å². The number of hydrogen-bond acceptors (Lipinski definition) is 0. The van der Waals surface area contributed by atoms with E-state index < -0.39 is 0 Å². The normalized spacial score (nSPS) is 8.50. The molecule has 0 nitrogen and oxygen atoms in total. The first-order valence-electron chi connectivity index (χ1n) is 10.4. The molecule has 32 heavy (non-hydrogen) atoms. The van der Waals surface area contributed by atoms with Crippen molar-refractivity contribution in [2.45, 2.75) is 0 Å². The Bertz CT molecular complexity index is 825.